The van der Waals surface area contributed by atoms with Crippen LogP contribution < -0.4 is 0 Å². The predicted molar refractivity (Wildman–Crippen MR) is 49.2 cm³/mol. The fourth-order valence-electron chi connectivity index (χ4n) is 1.04. The summed E-state index contributed by atoms with van der Waals surface area (Å²) < 4.78 is 16.0. The van der Waals surface area contributed by atoms with Crippen LogP contribution in [-0.2, 0) is 20.8 Å². The first-order chi connectivity index (χ1) is 7.22. The Balaban J connectivity index is 2.76. The van der Waals surface area contributed by atoms with Crippen molar-refractivity contribution < 1.29 is 19.0 Å². The maximum Gasteiger partial charge on any atom is 0.376 e. The molecule has 7 nitrogen and oxygen atoms in total. The molecule has 0 unspecified atom stereocenters. The summed E-state index contributed by atoms with van der Waals surface area (Å²) in [5.41, 5.74) is 0. The fraction of sp³-hybridized carbons (Fsp3) is 0.625. The number of aromatic nitrogens is 3. The minimum absolute atomic E-state index is 0.122. The zero-order valence-electron chi connectivity index (χ0n) is 8.84. The van der Waals surface area contributed by atoms with E-state index in [1.54, 1.807) is 0 Å². The number of carbonyl (C=O) groups is 1. The smallest absolute Gasteiger partial charge is 0.376 e. The van der Waals surface area contributed by atoms with Gasteiger partial charge in [-0.25, -0.2) is 4.79 Å². The average Bonchev–Trinajstić information content (AvgIpc) is 2.72. The van der Waals surface area contributed by atoms with E-state index in [0.29, 0.717) is 6.54 Å². The molecule has 0 aliphatic heterocycles. The number of rotatable bonds is 5. The molecule has 0 aliphatic carbocycles. The van der Waals surface area contributed by atoms with Gasteiger partial charge in [-0.3, -0.25) is 0 Å². The standard InChI is InChI=1S/C8H13N3O4/c1-13-6(14-2)4-11-5-9-10-7(11)8(12)15-3/h5-6H,4H2,1-3H3. The molecule has 0 saturated carbocycles. The third kappa shape index (κ3) is 2.74. The van der Waals surface area contributed by atoms with Crippen LogP contribution in [0.15, 0.2) is 6.33 Å². The van der Waals surface area contributed by atoms with Gasteiger partial charge in [-0.2, -0.15) is 0 Å². The maximum atomic E-state index is 11.2. The van der Waals surface area contributed by atoms with Crippen molar-refractivity contribution >= 4 is 5.97 Å². The van der Waals surface area contributed by atoms with E-state index < -0.39 is 12.3 Å². The Labute approximate surface area is 87.0 Å². The van der Waals surface area contributed by atoms with E-state index in [9.17, 15) is 4.79 Å². The largest absolute Gasteiger partial charge is 0.463 e. The Hall–Kier alpha value is -1.47. The zero-order valence-corrected chi connectivity index (χ0v) is 8.84. The monoisotopic (exact) mass is 215 g/mol. The summed E-state index contributed by atoms with van der Waals surface area (Å²) in [6.45, 7) is 0.324. The molecule has 0 spiro atoms. The molecule has 1 heterocycles. The molecule has 1 rings (SSSR count). The molecule has 15 heavy (non-hydrogen) atoms. The molecule has 7 heteroatoms. The minimum atomic E-state index is -0.543. The van der Waals surface area contributed by atoms with Crippen LogP contribution in [0.3, 0.4) is 0 Å². The normalized spacial score (nSPS) is 10.7. The van der Waals surface area contributed by atoms with Crippen LogP contribution in [0.1, 0.15) is 10.6 Å². The molecule has 0 aromatic carbocycles. The summed E-state index contributed by atoms with van der Waals surface area (Å²) >= 11 is 0. The number of hydrogen-bond acceptors (Lipinski definition) is 6. The summed E-state index contributed by atoms with van der Waals surface area (Å²) in [4.78, 5) is 11.2. The van der Waals surface area contributed by atoms with E-state index in [2.05, 4.69) is 14.9 Å². The zero-order chi connectivity index (χ0) is 11.3. The molecule has 84 valence electrons. The first-order valence-corrected chi connectivity index (χ1v) is 4.24. The van der Waals surface area contributed by atoms with Crippen LogP contribution in [-0.4, -0.2) is 48.4 Å². The van der Waals surface area contributed by atoms with Crippen molar-refractivity contribution in [3.05, 3.63) is 12.2 Å². The van der Waals surface area contributed by atoms with Gasteiger partial charge in [0.25, 0.3) is 0 Å². The first kappa shape index (κ1) is 11.6. The highest BCUT2D eigenvalue weighted by Crippen LogP contribution is 2.02. The summed E-state index contributed by atoms with van der Waals surface area (Å²) in [5, 5.41) is 7.25. The second-order valence-electron chi connectivity index (χ2n) is 2.70. The fourth-order valence-corrected chi connectivity index (χ4v) is 1.04. The van der Waals surface area contributed by atoms with Gasteiger partial charge in [-0.1, -0.05) is 0 Å². The summed E-state index contributed by atoms with van der Waals surface area (Å²) in [7, 11) is 4.30. The second kappa shape index (κ2) is 5.42. The second-order valence-corrected chi connectivity index (χ2v) is 2.70. The summed E-state index contributed by atoms with van der Waals surface area (Å²) in [6, 6.07) is 0. The van der Waals surface area contributed by atoms with Crippen molar-refractivity contribution in [2.75, 3.05) is 21.3 Å². The Kier molecular flexibility index (Phi) is 4.19. The quantitative estimate of drug-likeness (QED) is 0.495. The van der Waals surface area contributed by atoms with Crippen LogP contribution >= 0.6 is 0 Å². The lowest BCUT2D eigenvalue weighted by Crippen LogP contribution is -2.23. The van der Waals surface area contributed by atoms with Gasteiger partial charge in [0.15, 0.2) is 6.29 Å². The molecule has 0 radical (unpaired) electrons. The molecule has 0 aliphatic rings. The van der Waals surface area contributed by atoms with Crippen molar-refractivity contribution in [3.8, 4) is 0 Å². The molecular weight excluding hydrogens is 202 g/mol. The van der Waals surface area contributed by atoms with E-state index in [0.717, 1.165) is 0 Å². The number of carbonyl (C=O) groups excluding carboxylic acids is 1. The van der Waals surface area contributed by atoms with Crippen molar-refractivity contribution in [2.45, 2.75) is 12.8 Å². The Morgan fingerprint density at radius 2 is 2.13 bits per heavy atom. The van der Waals surface area contributed by atoms with Crippen LogP contribution in [0.2, 0.25) is 0 Å². The van der Waals surface area contributed by atoms with Crippen LogP contribution in [0.25, 0.3) is 0 Å². The van der Waals surface area contributed by atoms with Crippen molar-refractivity contribution in [1.29, 1.82) is 0 Å². The van der Waals surface area contributed by atoms with Gasteiger partial charge in [-0.05, 0) is 0 Å². The van der Waals surface area contributed by atoms with Crippen molar-refractivity contribution in [3.63, 3.8) is 0 Å². The van der Waals surface area contributed by atoms with E-state index >= 15 is 0 Å². The minimum Gasteiger partial charge on any atom is -0.463 e. The van der Waals surface area contributed by atoms with E-state index in [1.807, 2.05) is 0 Å². The molecule has 0 N–H and O–H groups in total. The molecule has 0 saturated heterocycles. The number of hydrogen-bond donors (Lipinski definition) is 0. The molecule has 1 aromatic heterocycles. The molecular formula is C8H13N3O4. The van der Waals surface area contributed by atoms with Gasteiger partial charge >= 0.3 is 5.97 Å². The van der Waals surface area contributed by atoms with Gasteiger partial charge in [0.1, 0.15) is 6.33 Å². The highest BCUT2D eigenvalue weighted by molar-refractivity contribution is 5.85. The lowest BCUT2D eigenvalue weighted by molar-refractivity contribution is -0.111. The first-order valence-electron chi connectivity index (χ1n) is 4.24. The highest BCUT2D eigenvalue weighted by atomic mass is 16.7. The Morgan fingerprint density at radius 1 is 1.47 bits per heavy atom. The van der Waals surface area contributed by atoms with E-state index in [1.165, 1.54) is 32.2 Å². The van der Waals surface area contributed by atoms with Crippen molar-refractivity contribution in [1.82, 2.24) is 14.8 Å². The third-order valence-electron chi connectivity index (χ3n) is 1.86. The van der Waals surface area contributed by atoms with E-state index in [4.69, 9.17) is 9.47 Å². The molecule has 0 atom stereocenters. The Morgan fingerprint density at radius 3 is 2.67 bits per heavy atom. The SMILES string of the molecule is COC(=O)c1nncn1CC(OC)OC. The summed E-state index contributed by atoms with van der Waals surface area (Å²) in [6.07, 6.45) is 0.960. The van der Waals surface area contributed by atoms with Crippen LogP contribution in [0.5, 0.6) is 0 Å². The van der Waals surface area contributed by atoms with Gasteiger partial charge in [0, 0.05) is 14.2 Å². The Bertz CT molecular complexity index is 321. The van der Waals surface area contributed by atoms with Gasteiger partial charge in [0.2, 0.25) is 5.82 Å². The van der Waals surface area contributed by atoms with E-state index in [-0.39, 0.29) is 5.82 Å². The molecule has 0 bridgehead atoms. The third-order valence-corrected chi connectivity index (χ3v) is 1.86. The summed E-state index contributed by atoms with van der Waals surface area (Å²) in [5.74, 6) is -0.421. The predicted octanol–water partition coefficient (Wildman–Crippen LogP) is -0.316. The average molecular weight is 215 g/mol. The highest BCUT2D eigenvalue weighted by Gasteiger charge is 2.17. The van der Waals surface area contributed by atoms with Gasteiger partial charge in [0.05, 0.1) is 13.7 Å². The van der Waals surface area contributed by atoms with Gasteiger partial charge in [-0.15, -0.1) is 10.2 Å². The molecule has 1 aromatic rings. The molecule has 0 amide bonds. The number of ether oxygens (including phenoxy) is 3. The number of esters is 1. The topological polar surface area (TPSA) is 75.5 Å². The number of nitrogens with zero attached hydrogens (tertiary/aromatic N) is 3. The van der Waals surface area contributed by atoms with Crippen molar-refractivity contribution in [2.24, 2.45) is 0 Å². The van der Waals surface area contributed by atoms with Crippen LogP contribution in [0, 0.1) is 0 Å². The maximum absolute atomic E-state index is 11.2. The lowest BCUT2D eigenvalue weighted by atomic mass is 10.5. The number of methoxy groups -OCH3 is 3. The van der Waals surface area contributed by atoms with Crippen LogP contribution in [0.4, 0.5) is 0 Å². The lowest BCUT2D eigenvalue weighted by Gasteiger charge is -2.14. The molecule has 0 fully saturated rings. The van der Waals surface area contributed by atoms with Gasteiger partial charge < -0.3 is 18.8 Å².